The summed E-state index contributed by atoms with van der Waals surface area (Å²) in [5, 5.41) is 10.2. The summed E-state index contributed by atoms with van der Waals surface area (Å²) in [6.07, 6.45) is 1.74. The Morgan fingerprint density at radius 3 is 2.41 bits per heavy atom. The van der Waals surface area contributed by atoms with Gasteiger partial charge in [-0.3, -0.25) is 4.79 Å². The Morgan fingerprint density at radius 2 is 1.79 bits per heavy atom. The zero-order chi connectivity index (χ0) is 24.8. The van der Waals surface area contributed by atoms with Gasteiger partial charge in [0.25, 0.3) is 0 Å². The van der Waals surface area contributed by atoms with Gasteiger partial charge in [0.1, 0.15) is 18.2 Å². The Labute approximate surface area is 199 Å². The molecule has 2 aromatic carbocycles. The van der Waals surface area contributed by atoms with Gasteiger partial charge in [0, 0.05) is 23.3 Å². The van der Waals surface area contributed by atoms with Crippen LogP contribution >= 0.6 is 0 Å². The maximum Gasteiger partial charge on any atom is 0.495 e. The lowest BCUT2D eigenvalue weighted by atomic mass is 9.76. The number of ether oxygens (including phenoxy) is 1. The summed E-state index contributed by atoms with van der Waals surface area (Å²) in [5.41, 5.74) is 2.17. The van der Waals surface area contributed by atoms with Crippen LogP contribution in [0.1, 0.15) is 58.7 Å². The largest absolute Gasteiger partial charge is 0.495 e. The van der Waals surface area contributed by atoms with Crippen LogP contribution < -0.4 is 10.2 Å². The molecule has 8 heteroatoms. The van der Waals surface area contributed by atoms with Crippen molar-refractivity contribution in [2.45, 2.75) is 71.8 Å². The van der Waals surface area contributed by atoms with Crippen LogP contribution in [0.3, 0.4) is 0 Å². The van der Waals surface area contributed by atoms with Crippen molar-refractivity contribution in [3.05, 3.63) is 59.5 Å². The average molecular weight is 467 g/mol. The molecule has 6 nitrogen and oxygen atoms in total. The van der Waals surface area contributed by atoms with Crippen LogP contribution in [0.2, 0.25) is 0 Å². The topological polar surface area (TPSA) is 69.9 Å². The predicted octanol–water partition coefficient (Wildman–Crippen LogP) is 4.87. The van der Waals surface area contributed by atoms with Crippen LogP contribution in [0.25, 0.3) is 10.9 Å². The number of fused-ring (bicyclic) bond motifs is 1. The Balaban J connectivity index is 1.72. The van der Waals surface area contributed by atoms with Crippen molar-refractivity contribution in [3.63, 3.8) is 0 Å². The number of halogens is 1. The lowest BCUT2D eigenvalue weighted by Gasteiger charge is -2.32. The second kappa shape index (κ2) is 8.75. The molecular formula is C26H31BFNO5. The summed E-state index contributed by atoms with van der Waals surface area (Å²) < 4.78 is 34.5. The van der Waals surface area contributed by atoms with E-state index in [9.17, 15) is 14.3 Å². The Hall–Kier alpha value is -2.84. The summed E-state index contributed by atoms with van der Waals surface area (Å²) >= 11 is 0. The number of hydrogen-bond acceptors (Lipinski definition) is 4. The van der Waals surface area contributed by atoms with Gasteiger partial charge in [-0.2, -0.15) is 0 Å². The molecule has 0 bridgehead atoms. The number of carbonyl (C=O) groups is 1. The summed E-state index contributed by atoms with van der Waals surface area (Å²) in [7, 11) is -0.538. The Bertz CT molecular complexity index is 1220. The molecular weight excluding hydrogens is 436 g/mol. The molecule has 0 radical (unpaired) electrons. The fourth-order valence-corrected chi connectivity index (χ4v) is 4.20. The highest BCUT2D eigenvalue weighted by molar-refractivity contribution is 6.65. The highest BCUT2D eigenvalue weighted by Crippen LogP contribution is 2.37. The first kappa shape index (κ1) is 24.3. The maximum absolute atomic E-state index is 13.7. The van der Waals surface area contributed by atoms with Crippen LogP contribution in [-0.4, -0.2) is 34.0 Å². The van der Waals surface area contributed by atoms with Crippen molar-refractivity contribution in [2.24, 2.45) is 0 Å². The SMILES string of the molecule is CC(C)n1ccc2c(B3OC(C)(C)C(C)(C)O3)cc(COc3ccc(F)cc3CC(=O)O)cc21. The van der Waals surface area contributed by atoms with Gasteiger partial charge in [0.15, 0.2) is 0 Å². The lowest BCUT2D eigenvalue weighted by molar-refractivity contribution is -0.136. The molecule has 0 aliphatic carbocycles. The van der Waals surface area contributed by atoms with E-state index in [1.165, 1.54) is 18.2 Å². The van der Waals surface area contributed by atoms with Crippen LogP contribution in [0.5, 0.6) is 5.75 Å². The van der Waals surface area contributed by atoms with E-state index in [1.807, 2.05) is 33.8 Å². The molecule has 1 aliphatic heterocycles. The van der Waals surface area contributed by atoms with Gasteiger partial charge >= 0.3 is 13.1 Å². The first-order valence-electron chi connectivity index (χ1n) is 11.5. The van der Waals surface area contributed by atoms with Crippen LogP contribution in [0.4, 0.5) is 4.39 Å². The van der Waals surface area contributed by atoms with E-state index in [4.69, 9.17) is 14.0 Å². The fraction of sp³-hybridized carbons (Fsp3) is 0.423. The molecule has 0 unspecified atom stereocenters. The molecule has 3 aromatic rings. The quantitative estimate of drug-likeness (QED) is 0.503. The molecule has 1 N–H and O–H groups in total. The molecule has 2 heterocycles. The number of carboxylic acid groups (broad SMARTS) is 1. The van der Waals surface area contributed by atoms with E-state index in [1.54, 1.807) is 0 Å². The summed E-state index contributed by atoms with van der Waals surface area (Å²) in [6.45, 7) is 12.5. The van der Waals surface area contributed by atoms with E-state index in [0.717, 1.165) is 21.9 Å². The Kier molecular flexibility index (Phi) is 6.25. The first-order valence-corrected chi connectivity index (χ1v) is 11.5. The molecule has 1 fully saturated rings. The Morgan fingerprint density at radius 1 is 1.12 bits per heavy atom. The summed E-state index contributed by atoms with van der Waals surface area (Å²) in [5.74, 6) is -1.20. The third-order valence-electron chi connectivity index (χ3n) is 6.75. The number of aliphatic carboxylic acids is 1. The normalized spacial score (nSPS) is 17.0. The standard InChI is InChI=1S/C26H31BFNO5/c1-16(2)29-10-9-20-21(27-33-25(3,4)26(5,6)34-27)11-17(12-22(20)29)15-32-23-8-7-19(28)13-18(23)14-24(30)31/h7-13,16H,14-15H2,1-6H3,(H,30,31). The van der Waals surface area contributed by atoms with Gasteiger partial charge in [-0.15, -0.1) is 0 Å². The molecule has 0 amide bonds. The van der Waals surface area contributed by atoms with Crippen molar-refractivity contribution in [1.82, 2.24) is 4.57 Å². The first-order chi connectivity index (χ1) is 15.9. The second-order valence-corrected chi connectivity index (χ2v) is 10.1. The number of carboxylic acids is 1. The minimum absolute atomic E-state index is 0.184. The minimum atomic E-state index is -1.05. The number of benzene rings is 2. The second-order valence-electron chi connectivity index (χ2n) is 10.1. The fourth-order valence-electron chi connectivity index (χ4n) is 4.20. The van der Waals surface area contributed by atoms with Crippen molar-refractivity contribution in [3.8, 4) is 5.75 Å². The molecule has 1 saturated heterocycles. The van der Waals surface area contributed by atoms with Crippen molar-refractivity contribution in [1.29, 1.82) is 0 Å². The molecule has 1 aliphatic rings. The van der Waals surface area contributed by atoms with Crippen LogP contribution in [0.15, 0.2) is 42.6 Å². The van der Waals surface area contributed by atoms with Gasteiger partial charge < -0.3 is 23.7 Å². The van der Waals surface area contributed by atoms with Gasteiger partial charge in [-0.1, -0.05) is 6.07 Å². The highest BCUT2D eigenvalue weighted by Gasteiger charge is 2.52. The molecule has 4 rings (SSSR count). The molecule has 0 atom stereocenters. The van der Waals surface area contributed by atoms with E-state index in [-0.39, 0.29) is 19.1 Å². The van der Waals surface area contributed by atoms with E-state index >= 15 is 0 Å². The monoisotopic (exact) mass is 467 g/mol. The highest BCUT2D eigenvalue weighted by atomic mass is 19.1. The number of hydrogen-bond donors (Lipinski definition) is 1. The minimum Gasteiger partial charge on any atom is -0.489 e. The van der Waals surface area contributed by atoms with Gasteiger partial charge in [0.05, 0.1) is 17.6 Å². The predicted molar refractivity (Wildman–Crippen MR) is 130 cm³/mol. The van der Waals surface area contributed by atoms with Gasteiger partial charge in [-0.05, 0) is 88.3 Å². The van der Waals surface area contributed by atoms with Crippen molar-refractivity contribution in [2.75, 3.05) is 0 Å². The number of nitrogens with zero attached hydrogens (tertiary/aromatic N) is 1. The third-order valence-corrected chi connectivity index (χ3v) is 6.75. The molecule has 0 spiro atoms. The van der Waals surface area contributed by atoms with Crippen LogP contribution in [-0.2, 0) is 27.1 Å². The number of rotatable bonds is 7. The van der Waals surface area contributed by atoms with Crippen molar-refractivity contribution >= 4 is 29.5 Å². The summed E-state index contributed by atoms with van der Waals surface area (Å²) in [6, 6.07) is 10.3. The van der Waals surface area contributed by atoms with E-state index in [0.29, 0.717) is 11.3 Å². The van der Waals surface area contributed by atoms with E-state index in [2.05, 4.69) is 36.7 Å². The average Bonchev–Trinajstić information content (AvgIpc) is 3.24. The zero-order valence-electron chi connectivity index (χ0n) is 20.5. The van der Waals surface area contributed by atoms with Crippen molar-refractivity contribution < 1.29 is 28.3 Å². The summed E-state index contributed by atoms with van der Waals surface area (Å²) in [4.78, 5) is 11.2. The number of aromatic nitrogens is 1. The van der Waals surface area contributed by atoms with Gasteiger partial charge in [-0.25, -0.2) is 4.39 Å². The third kappa shape index (κ3) is 4.57. The molecule has 1 aromatic heterocycles. The molecule has 34 heavy (non-hydrogen) atoms. The molecule has 180 valence electrons. The van der Waals surface area contributed by atoms with E-state index < -0.39 is 30.1 Å². The lowest BCUT2D eigenvalue weighted by Crippen LogP contribution is -2.41. The maximum atomic E-state index is 13.7. The molecule has 0 saturated carbocycles. The zero-order valence-corrected chi connectivity index (χ0v) is 20.5. The van der Waals surface area contributed by atoms with Gasteiger partial charge in [0.2, 0.25) is 0 Å². The van der Waals surface area contributed by atoms with Crippen LogP contribution in [0, 0.1) is 5.82 Å². The smallest absolute Gasteiger partial charge is 0.489 e.